The fourth-order valence-electron chi connectivity index (χ4n) is 3.48. The van der Waals surface area contributed by atoms with Crippen LogP contribution >= 0.6 is 23.2 Å². The molecule has 216 valence electrons. The molecule has 1 aromatic heterocycles. The Labute approximate surface area is 235 Å². The second-order valence-corrected chi connectivity index (χ2v) is 9.42. The maximum atomic E-state index is 12.8. The highest BCUT2D eigenvalue weighted by Crippen LogP contribution is 2.37. The molecule has 0 saturated heterocycles. The Morgan fingerprint density at radius 2 is 1.88 bits per heavy atom. The topological polar surface area (TPSA) is 97.3 Å². The molecule has 0 unspecified atom stereocenters. The van der Waals surface area contributed by atoms with Crippen molar-refractivity contribution in [2.45, 2.75) is 32.5 Å². The highest BCUT2D eigenvalue weighted by atomic mass is 35.5. The van der Waals surface area contributed by atoms with E-state index in [1.807, 2.05) is 0 Å². The van der Waals surface area contributed by atoms with Gasteiger partial charge < -0.3 is 25.3 Å². The quantitative estimate of drug-likeness (QED) is 0.180. The fourth-order valence-corrected chi connectivity index (χ4v) is 4.01. The van der Waals surface area contributed by atoms with Gasteiger partial charge in [0, 0.05) is 31.8 Å². The van der Waals surface area contributed by atoms with Crippen molar-refractivity contribution in [1.82, 2.24) is 20.2 Å². The summed E-state index contributed by atoms with van der Waals surface area (Å²) >= 11 is 12.9. The summed E-state index contributed by atoms with van der Waals surface area (Å²) in [5, 5.41) is 8.17. The van der Waals surface area contributed by atoms with Gasteiger partial charge in [-0.25, -0.2) is 13.8 Å². The third-order valence-electron chi connectivity index (χ3n) is 5.52. The normalized spacial score (nSPS) is 11.6. The molecule has 0 aliphatic heterocycles. The molecule has 3 N–H and O–H groups in total. The Morgan fingerprint density at radius 1 is 1.18 bits per heavy atom. The van der Waals surface area contributed by atoms with Gasteiger partial charge in [0.1, 0.15) is 12.4 Å². The number of halogens is 7. The van der Waals surface area contributed by atoms with E-state index in [0.29, 0.717) is 16.7 Å². The summed E-state index contributed by atoms with van der Waals surface area (Å²) in [5.41, 5.74) is 1.37. The SMILES string of the molecule is C=C(C)C(=O)NCc1ccc(Cl)c(Nc2nc3cc(C(=O)NCCC(F)(F)F)c(OCC(F)F)cc3n2C)c1Cl. The zero-order chi connectivity index (χ0) is 29.8. The third kappa shape index (κ3) is 7.75. The van der Waals surface area contributed by atoms with Crippen molar-refractivity contribution in [3.63, 3.8) is 0 Å². The zero-order valence-electron chi connectivity index (χ0n) is 21.2. The molecule has 0 atom stereocenters. The van der Waals surface area contributed by atoms with Crippen LogP contribution in [-0.2, 0) is 18.4 Å². The molecule has 3 aromatic rings. The average Bonchev–Trinajstić information content (AvgIpc) is 3.17. The van der Waals surface area contributed by atoms with Crippen LogP contribution in [0.3, 0.4) is 0 Å². The zero-order valence-corrected chi connectivity index (χ0v) is 22.7. The monoisotopic (exact) mass is 607 g/mol. The van der Waals surface area contributed by atoms with Gasteiger partial charge in [-0.15, -0.1) is 0 Å². The number of amides is 2. The molecule has 0 aliphatic rings. The first-order valence-electron chi connectivity index (χ1n) is 11.6. The molecule has 0 spiro atoms. The van der Waals surface area contributed by atoms with Crippen LogP contribution in [0.4, 0.5) is 33.6 Å². The second-order valence-electron chi connectivity index (χ2n) is 8.64. The van der Waals surface area contributed by atoms with Crippen molar-refractivity contribution in [3.8, 4) is 5.75 Å². The van der Waals surface area contributed by atoms with E-state index < -0.39 is 38.1 Å². The van der Waals surface area contributed by atoms with Gasteiger partial charge >= 0.3 is 6.18 Å². The van der Waals surface area contributed by atoms with Gasteiger partial charge in [-0.3, -0.25) is 9.59 Å². The van der Waals surface area contributed by atoms with E-state index in [4.69, 9.17) is 27.9 Å². The highest BCUT2D eigenvalue weighted by molar-refractivity contribution is 6.39. The maximum absolute atomic E-state index is 12.8. The fraction of sp³-hybridized carbons (Fsp3) is 0.320. The number of hydrogen-bond acceptors (Lipinski definition) is 5. The number of nitrogens with one attached hydrogen (secondary N) is 3. The molecule has 1 heterocycles. The summed E-state index contributed by atoms with van der Waals surface area (Å²) in [7, 11) is 1.58. The molecule has 3 rings (SSSR count). The van der Waals surface area contributed by atoms with Crippen LogP contribution in [0.1, 0.15) is 29.3 Å². The van der Waals surface area contributed by atoms with E-state index in [9.17, 15) is 31.5 Å². The Morgan fingerprint density at radius 3 is 2.50 bits per heavy atom. The van der Waals surface area contributed by atoms with Crippen LogP contribution < -0.4 is 20.7 Å². The molecule has 2 aromatic carbocycles. The molecule has 8 nitrogen and oxygen atoms in total. The number of ether oxygens (including phenoxy) is 1. The lowest BCUT2D eigenvalue weighted by atomic mass is 10.1. The standard InChI is InChI=1S/C25H24Cl2F5N5O3/c1-12(2)22(38)34-10-13-4-5-15(26)21(20(13)27)36-24-35-16-8-14(23(39)33-7-6-25(30,31)32)18(40-11-19(28)29)9-17(16)37(24)3/h4-5,8-9,19H,1,6-7,10-11H2,2-3H3,(H,33,39)(H,34,38)(H,35,36). The number of benzene rings is 2. The van der Waals surface area contributed by atoms with Crippen molar-refractivity contribution in [2.24, 2.45) is 7.05 Å². The van der Waals surface area contributed by atoms with Crippen molar-refractivity contribution >= 4 is 57.7 Å². The summed E-state index contributed by atoms with van der Waals surface area (Å²) in [6.45, 7) is 3.44. The molecular formula is C25H24Cl2F5N5O3. The number of carbonyl (C=O) groups excluding carboxylic acids is 2. The number of aryl methyl sites for hydroxylation is 1. The second kappa shape index (κ2) is 12.7. The lowest BCUT2D eigenvalue weighted by molar-refractivity contribution is -0.133. The van der Waals surface area contributed by atoms with E-state index in [2.05, 4.69) is 27.5 Å². The summed E-state index contributed by atoms with van der Waals surface area (Å²) in [5.74, 6) is -1.40. The van der Waals surface area contributed by atoms with Crippen LogP contribution in [-0.4, -0.2) is 47.1 Å². The first-order valence-corrected chi connectivity index (χ1v) is 12.4. The molecular weight excluding hydrogens is 584 g/mol. The van der Waals surface area contributed by atoms with Crippen LogP contribution in [0.5, 0.6) is 5.75 Å². The first kappa shape index (κ1) is 31.0. The van der Waals surface area contributed by atoms with E-state index in [-0.39, 0.29) is 51.0 Å². The minimum absolute atomic E-state index is 0.0799. The largest absolute Gasteiger partial charge is 0.487 e. The number of hydrogen-bond donors (Lipinski definition) is 3. The van der Waals surface area contributed by atoms with Crippen molar-refractivity contribution in [1.29, 1.82) is 0 Å². The Kier molecular flexibility index (Phi) is 9.85. The number of nitrogens with zero attached hydrogens (tertiary/aromatic N) is 2. The van der Waals surface area contributed by atoms with Crippen LogP contribution in [0.15, 0.2) is 36.4 Å². The minimum atomic E-state index is -4.50. The number of anilines is 2. The molecule has 0 fully saturated rings. The van der Waals surface area contributed by atoms with Crippen molar-refractivity contribution in [2.75, 3.05) is 18.5 Å². The number of imidazole rings is 1. The predicted molar refractivity (Wildman–Crippen MR) is 142 cm³/mol. The van der Waals surface area contributed by atoms with Gasteiger partial charge in [-0.1, -0.05) is 35.8 Å². The number of fused-ring (bicyclic) bond motifs is 1. The maximum Gasteiger partial charge on any atom is 0.390 e. The van der Waals surface area contributed by atoms with E-state index in [1.165, 1.54) is 16.7 Å². The van der Waals surface area contributed by atoms with Crippen molar-refractivity contribution in [3.05, 3.63) is 57.6 Å². The minimum Gasteiger partial charge on any atom is -0.487 e. The van der Waals surface area contributed by atoms with E-state index in [0.717, 1.165) is 0 Å². The summed E-state index contributed by atoms with van der Waals surface area (Å²) in [6.07, 6.45) is -8.63. The van der Waals surface area contributed by atoms with Gasteiger partial charge in [0.25, 0.3) is 12.3 Å². The van der Waals surface area contributed by atoms with E-state index >= 15 is 0 Å². The van der Waals surface area contributed by atoms with Gasteiger partial charge in [-0.05, 0) is 24.6 Å². The molecule has 0 radical (unpaired) electrons. The molecule has 0 bridgehead atoms. The molecule has 15 heteroatoms. The highest BCUT2D eigenvalue weighted by Gasteiger charge is 2.27. The third-order valence-corrected chi connectivity index (χ3v) is 6.27. The number of carbonyl (C=O) groups is 2. The van der Waals surface area contributed by atoms with Crippen LogP contribution in [0, 0.1) is 0 Å². The Hall–Kier alpha value is -3.58. The van der Waals surface area contributed by atoms with Gasteiger partial charge in [0.15, 0.2) is 0 Å². The van der Waals surface area contributed by atoms with Crippen LogP contribution in [0.25, 0.3) is 11.0 Å². The molecule has 0 saturated carbocycles. The lowest BCUT2D eigenvalue weighted by Crippen LogP contribution is -2.28. The van der Waals surface area contributed by atoms with Crippen molar-refractivity contribution < 1.29 is 36.3 Å². The predicted octanol–water partition coefficient (Wildman–Crippen LogP) is 6.14. The summed E-state index contributed by atoms with van der Waals surface area (Å²) < 4.78 is 69.8. The van der Waals surface area contributed by atoms with Gasteiger partial charge in [0.05, 0.1) is 38.8 Å². The number of aromatic nitrogens is 2. The summed E-state index contributed by atoms with van der Waals surface area (Å²) in [4.78, 5) is 28.9. The number of rotatable bonds is 11. The molecule has 40 heavy (non-hydrogen) atoms. The smallest absolute Gasteiger partial charge is 0.390 e. The Balaban J connectivity index is 1.96. The van der Waals surface area contributed by atoms with E-state index in [1.54, 1.807) is 26.1 Å². The first-order chi connectivity index (χ1) is 18.7. The van der Waals surface area contributed by atoms with Gasteiger partial charge in [-0.2, -0.15) is 13.2 Å². The van der Waals surface area contributed by atoms with Crippen LogP contribution in [0.2, 0.25) is 10.0 Å². The van der Waals surface area contributed by atoms with Gasteiger partial charge in [0.2, 0.25) is 11.9 Å². The lowest BCUT2D eigenvalue weighted by Gasteiger charge is -2.14. The number of alkyl halides is 5. The molecule has 2 amide bonds. The Bertz CT molecular complexity index is 1440. The summed E-state index contributed by atoms with van der Waals surface area (Å²) in [6, 6.07) is 5.68. The molecule has 0 aliphatic carbocycles. The average molecular weight is 608 g/mol.